The number of allylic oxidation sites excluding steroid dienone is 1. The fraction of sp³-hybridized carbons (Fsp3) is 0.353. The Labute approximate surface area is 196 Å². The maximum absolute atomic E-state index is 13.7. The summed E-state index contributed by atoms with van der Waals surface area (Å²) in [6.45, 7) is 0. The van der Waals surface area contributed by atoms with Crippen LogP contribution in [0.4, 0.5) is 65.9 Å². The quantitative estimate of drug-likeness (QED) is 0.161. The van der Waals surface area contributed by atoms with E-state index in [1.807, 2.05) is 0 Å². The number of benzene rings is 1. The van der Waals surface area contributed by atoms with E-state index in [0.29, 0.717) is 6.07 Å². The molecule has 0 unspecified atom stereocenters. The van der Waals surface area contributed by atoms with Gasteiger partial charge >= 0.3 is 53.7 Å². The topological polar surface area (TPSA) is 101 Å². The molecule has 0 aromatic heterocycles. The molecule has 0 heterocycles. The minimum Gasteiger partial charge on any atom is -0.478 e. The molecule has 0 amide bonds. The fourth-order valence-corrected chi connectivity index (χ4v) is 2.24. The molecule has 1 rings (SSSR count). The van der Waals surface area contributed by atoms with Gasteiger partial charge in [0.05, 0.1) is 11.1 Å². The third kappa shape index (κ3) is 4.91. The average molecular weight is 590 g/mol. The Hall–Kier alpha value is -3.68. The van der Waals surface area contributed by atoms with Crippen molar-refractivity contribution < 1.29 is 95.2 Å². The molecule has 0 saturated carbocycles. The van der Waals surface area contributed by atoms with Crippen molar-refractivity contribution in [3.8, 4) is 5.75 Å². The number of hydrogen-bond acceptors (Lipinski definition) is 4. The molecular weight excluding hydrogens is 585 g/mol. The first-order valence-corrected chi connectivity index (χ1v) is 8.54. The summed E-state index contributed by atoms with van der Waals surface area (Å²) in [4.78, 5) is 33.3. The van der Waals surface area contributed by atoms with Crippen LogP contribution < -0.4 is 4.74 Å². The van der Waals surface area contributed by atoms with Gasteiger partial charge in [0.15, 0.2) is 0 Å². The van der Waals surface area contributed by atoms with Crippen LogP contribution in [0.15, 0.2) is 29.9 Å². The van der Waals surface area contributed by atoms with Crippen molar-refractivity contribution in [3.63, 3.8) is 0 Å². The molecule has 0 spiro atoms. The van der Waals surface area contributed by atoms with E-state index >= 15 is 0 Å². The van der Waals surface area contributed by atoms with Gasteiger partial charge in [-0.05, 0) is 18.2 Å². The van der Waals surface area contributed by atoms with Gasteiger partial charge in [0.2, 0.25) is 11.7 Å². The lowest BCUT2D eigenvalue weighted by Gasteiger charge is -2.39. The first kappa shape index (κ1) is 32.3. The maximum atomic E-state index is 13.7. The van der Waals surface area contributed by atoms with Crippen molar-refractivity contribution in [1.29, 1.82) is 0 Å². The minimum absolute atomic E-state index is 0.0372. The third-order valence-corrected chi connectivity index (χ3v) is 4.24. The highest BCUT2D eigenvalue weighted by Gasteiger charge is 2.91. The van der Waals surface area contributed by atoms with E-state index in [2.05, 4.69) is 4.74 Å². The summed E-state index contributed by atoms with van der Waals surface area (Å²) in [6.07, 6.45) is -7.75. The van der Waals surface area contributed by atoms with E-state index in [4.69, 9.17) is 10.2 Å². The molecule has 0 fully saturated rings. The van der Waals surface area contributed by atoms with Crippen molar-refractivity contribution in [1.82, 2.24) is 0 Å². The number of carbonyl (C=O) groups excluding carboxylic acids is 1. The average Bonchev–Trinajstić information content (AvgIpc) is 2.76. The van der Waals surface area contributed by atoms with Gasteiger partial charge in [0.25, 0.3) is 0 Å². The van der Waals surface area contributed by atoms with Gasteiger partial charge in [-0.15, -0.1) is 0 Å². The number of esters is 1. The van der Waals surface area contributed by atoms with E-state index in [0.717, 1.165) is 0 Å². The highest BCUT2D eigenvalue weighted by atomic mass is 19.4. The van der Waals surface area contributed by atoms with Gasteiger partial charge in [0, 0.05) is 0 Å². The van der Waals surface area contributed by atoms with Crippen LogP contribution in [0, 0.1) is 0 Å². The summed E-state index contributed by atoms with van der Waals surface area (Å²) >= 11 is 0. The Bertz CT molecular complexity index is 1170. The molecule has 1 aromatic carbocycles. The number of carboxylic acid groups (broad SMARTS) is 2. The zero-order chi connectivity index (χ0) is 30.4. The van der Waals surface area contributed by atoms with Crippen LogP contribution in [0.3, 0.4) is 0 Å². The number of alkyl halides is 13. The zero-order valence-corrected chi connectivity index (χ0v) is 16.9. The van der Waals surface area contributed by atoms with Gasteiger partial charge in [-0.25, -0.2) is 18.8 Å². The fourth-order valence-electron chi connectivity index (χ4n) is 2.24. The Morgan fingerprint density at radius 2 is 1.05 bits per heavy atom. The lowest BCUT2D eigenvalue weighted by molar-refractivity contribution is -0.437. The molecular formula is C17H5F15O6. The molecule has 0 aliphatic rings. The number of aromatic carboxylic acids is 2. The van der Waals surface area contributed by atoms with Crippen LogP contribution in [-0.2, 0) is 4.79 Å². The first-order valence-electron chi connectivity index (χ1n) is 8.54. The van der Waals surface area contributed by atoms with E-state index in [9.17, 15) is 80.2 Å². The van der Waals surface area contributed by atoms with Crippen molar-refractivity contribution in [2.75, 3.05) is 0 Å². The Morgan fingerprint density at radius 1 is 0.632 bits per heavy atom. The second-order valence-corrected chi connectivity index (χ2v) is 6.70. The van der Waals surface area contributed by atoms with Gasteiger partial charge in [-0.3, -0.25) is 0 Å². The number of rotatable bonds is 9. The molecule has 6 nitrogen and oxygen atoms in total. The SMILES string of the molecule is O=C(Oc1ccc(C(=O)O)c(C(=O)O)c1)C(F)=C(F)C(F)(F)C(F)(F)C(F)(F)C(F)(F)C(F)(F)C(F)(F)F. The van der Waals surface area contributed by atoms with Crippen LogP contribution in [0.1, 0.15) is 20.7 Å². The molecule has 214 valence electrons. The van der Waals surface area contributed by atoms with E-state index < -0.39 is 82.2 Å². The van der Waals surface area contributed by atoms with Crippen molar-refractivity contribution in [2.24, 2.45) is 0 Å². The molecule has 0 aliphatic carbocycles. The monoisotopic (exact) mass is 590 g/mol. The third-order valence-electron chi connectivity index (χ3n) is 4.24. The van der Waals surface area contributed by atoms with Crippen LogP contribution in [-0.4, -0.2) is 63.9 Å². The predicted molar refractivity (Wildman–Crippen MR) is 86.0 cm³/mol. The molecule has 1 aromatic rings. The molecule has 2 N–H and O–H groups in total. The van der Waals surface area contributed by atoms with Crippen molar-refractivity contribution in [3.05, 3.63) is 41.0 Å². The van der Waals surface area contributed by atoms with Crippen LogP contribution in [0.25, 0.3) is 0 Å². The summed E-state index contributed by atoms with van der Waals surface area (Å²) in [6, 6.07) is 0.605. The molecule has 0 atom stereocenters. The maximum Gasteiger partial charge on any atom is 0.460 e. The lowest BCUT2D eigenvalue weighted by Crippen LogP contribution is -2.70. The molecule has 21 heteroatoms. The second-order valence-electron chi connectivity index (χ2n) is 6.70. The number of carboxylic acids is 2. The van der Waals surface area contributed by atoms with Gasteiger partial charge in [-0.2, -0.15) is 61.5 Å². The normalized spacial score (nSPS) is 14.6. The highest BCUT2D eigenvalue weighted by Crippen LogP contribution is 2.61. The van der Waals surface area contributed by atoms with Crippen molar-refractivity contribution in [2.45, 2.75) is 35.8 Å². The Kier molecular flexibility index (Phi) is 8.14. The zero-order valence-electron chi connectivity index (χ0n) is 16.9. The number of hydrogen-bond donors (Lipinski definition) is 2. The largest absolute Gasteiger partial charge is 0.478 e. The summed E-state index contributed by atoms with van der Waals surface area (Å²) in [5.41, 5.74) is -2.32. The molecule has 0 aliphatic heterocycles. The number of ether oxygens (including phenoxy) is 1. The van der Waals surface area contributed by atoms with Crippen LogP contribution in [0.5, 0.6) is 5.75 Å². The second kappa shape index (κ2) is 9.57. The van der Waals surface area contributed by atoms with Crippen LogP contribution >= 0.6 is 0 Å². The Morgan fingerprint density at radius 3 is 1.45 bits per heavy atom. The minimum atomic E-state index is -8.48. The smallest absolute Gasteiger partial charge is 0.460 e. The Balaban J connectivity index is 3.54. The summed E-state index contributed by atoms with van der Waals surface area (Å²) in [7, 11) is 0. The number of halogens is 15. The summed E-state index contributed by atoms with van der Waals surface area (Å²) in [5, 5.41) is 17.6. The molecule has 0 radical (unpaired) electrons. The predicted octanol–water partition coefficient (Wildman–Crippen LogP) is 5.88. The van der Waals surface area contributed by atoms with Gasteiger partial charge in [-0.1, -0.05) is 0 Å². The van der Waals surface area contributed by atoms with E-state index in [1.165, 1.54) is 0 Å². The van der Waals surface area contributed by atoms with E-state index in [1.54, 1.807) is 0 Å². The van der Waals surface area contributed by atoms with Gasteiger partial charge in [0.1, 0.15) is 5.75 Å². The first-order chi connectivity index (χ1) is 16.7. The van der Waals surface area contributed by atoms with Crippen LogP contribution in [0.2, 0.25) is 0 Å². The summed E-state index contributed by atoms with van der Waals surface area (Å²) < 4.78 is 200. The highest BCUT2D eigenvalue weighted by molar-refractivity contribution is 6.02. The lowest BCUT2D eigenvalue weighted by atomic mass is 9.93. The van der Waals surface area contributed by atoms with E-state index in [-0.39, 0.29) is 12.1 Å². The standard InChI is InChI=1S/C17H5F15O6/c18-7(11(37)38-4-1-2-5(9(33)34)6(3-4)10(35)36)8(19)12(20,21)13(22,23)14(24,25)15(26,27)16(28,29)17(30,31)32/h1-3H,(H,33,34)(H,35,36). The molecule has 0 saturated heterocycles. The number of carbonyl (C=O) groups is 3. The molecule has 38 heavy (non-hydrogen) atoms. The van der Waals surface area contributed by atoms with Crippen molar-refractivity contribution >= 4 is 17.9 Å². The van der Waals surface area contributed by atoms with Gasteiger partial charge < -0.3 is 14.9 Å². The summed E-state index contributed by atoms with van der Waals surface area (Å²) in [5.74, 6) is -58.3. The molecule has 0 bridgehead atoms.